The van der Waals surface area contributed by atoms with Crippen LogP contribution in [0.1, 0.15) is 26.3 Å². The Kier molecular flexibility index (Phi) is 6.04. The van der Waals surface area contributed by atoms with Crippen molar-refractivity contribution in [1.82, 2.24) is 0 Å². The maximum absolute atomic E-state index is 13.1. The molecule has 0 radical (unpaired) electrons. The second-order valence-corrected chi connectivity index (χ2v) is 6.53. The van der Waals surface area contributed by atoms with Gasteiger partial charge in [0, 0.05) is 16.7 Å². The first-order valence-corrected chi connectivity index (χ1v) is 9.04. The molecule has 3 rings (SSSR count). The molecule has 3 aromatic carbocycles. The van der Waals surface area contributed by atoms with Crippen LogP contribution in [-0.2, 0) is 0 Å². The smallest absolute Gasteiger partial charge is 0.255 e. The molecule has 0 aliphatic rings. The molecule has 0 spiro atoms. The van der Waals surface area contributed by atoms with E-state index in [-0.39, 0.29) is 33.3 Å². The van der Waals surface area contributed by atoms with E-state index in [1.807, 2.05) is 0 Å². The van der Waals surface area contributed by atoms with E-state index in [9.17, 15) is 9.59 Å². The summed E-state index contributed by atoms with van der Waals surface area (Å²) in [7, 11) is 3.06. The third-order valence-corrected chi connectivity index (χ3v) is 4.67. The molecule has 0 saturated heterocycles. The summed E-state index contributed by atoms with van der Waals surface area (Å²) in [6, 6.07) is 16.2. The van der Waals surface area contributed by atoms with Crippen molar-refractivity contribution in [3.63, 3.8) is 0 Å². The van der Waals surface area contributed by atoms with E-state index in [0.717, 1.165) is 0 Å². The van der Waals surface area contributed by atoms with Gasteiger partial charge in [0.05, 0.1) is 30.6 Å². The minimum absolute atomic E-state index is 0.227. The Morgan fingerprint density at radius 2 is 1.55 bits per heavy atom. The molecule has 1 amide bonds. The van der Waals surface area contributed by atoms with Gasteiger partial charge in [-0.15, -0.1) is 0 Å². The zero-order chi connectivity index (χ0) is 21.0. The molecule has 148 valence electrons. The van der Waals surface area contributed by atoms with E-state index in [0.29, 0.717) is 17.1 Å². The fourth-order valence-corrected chi connectivity index (χ4v) is 3.04. The average molecular weight is 411 g/mol. The predicted octanol–water partition coefficient (Wildman–Crippen LogP) is 4.42. The number of nitrogens with one attached hydrogen (secondary N) is 1. The van der Waals surface area contributed by atoms with Gasteiger partial charge >= 0.3 is 0 Å². The lowest BCUT2D eigenvalue weighted by Gasteiger charge is -2.14. The van der Waals surface area contributed by atoms with Gasteiger partial charge in [0.15, 0.2) is 5.78 Å². The summed E-state index contributed by atoms with van der Waals surface area (Å²) in [5.41, 5.74) is 7.46. The molecule has 0 atom stereocenters. The van der Waals surface area contributed by atoms with Crippen LogP contribution in [0.15, 0.2) is 60.7 Å². The first-order chi connectivity index (χ1) is 13.9. The average Bonchev–Trinajstić information content (AvgIpc) is 2.74. The van der Waals surface area contributed by atoms with Crippen LogP contribution in [0.2, 0.25) is 5.02 Å². The summed E-state index contributed by atoms with van der Waals surface area (Å²) in [5.74, 6) is 0.397. The molecule has 0 saturated carbocycles. The standard InChI is InChI=1S/C22H19ClN2O4/c1-28-14-8-6-13(7-9-14)22(27)25-20-17(4-3-5-19(20)24)21(26)16-11-10-15(29-2)12-18(16)23/h3-12H,24H2,1-2H3,(H,25,27). The molecule has 29 heavy (non-hydrogen) atoms. The zero-order valence-corrected chi connectivity index (χ0v) is 16.6. The highest BCUT2D eigenvalue weighted by Gasteiger charge is 2.20. The SMILES string of the molecule is COc1ccc(C(=O)Nc2c(N)cccc2C(=O)c2ccc(OC)cc2Cl)cc1. The predicted molar refractivity (Wildman–Crippen MR) is 113 cm³/mol. The number of anilines is 2. The van der Waals surface area contributed by atoms with Gasteiger partial charge in [-0.3, -0.25) is 9.59 Å². The maximum Gasteiger partial charge on any atom is 0.255 e. The molecule has 7 heteroatoms. The number of rotatable bonds is 6. The van der Waals surface area contributed by atoms with E-state index in [1.165, 1.54) is 7.11 Å². The van der Waals surface area contributed by atoms with E-state index >= 15 is 0 Å². The third-order valence-electron chi connectivity index (χ3n) is 4.35. The topological polar surface area (TPSA) is 90.6 Å². The zero-order valence-electron chi connectivity index (χ0n) is 15.9. The number of ether oxygens (including phenoxy) is 2. The van der Waals surface area contributed by atoms with Crippen molar-refractivity contribution in [1.29, 1.82) is 0 Å². The van der Waals surface area contributed by atoms with Crippen LogP contribution < -0.4 is 20.5 Å². The van der Waals surface area contributed by atoms with Gasteiger partial charge in [0.25, 0.3) is 5.91 Å². The van der Waals surface area contributed by atoms with Crippen molar-refractivity contribution >= 4 is 34.7 Å². The van der Waals surface area contributed by atoms with Crippen LogP contribution >= 0.6 is 11.6 Å². The summed E-state index contributed by atoms with van der Waals surface area (Å²) >= 11 is 6.24. The lowest BCUT2D eigenvalue weighted by molar-refractivity contribution is 0.102. The highest BCUT2D eigenvalue weighted by molar-refractivity contribution is 6.35. The Morgan fingerprint density at radius 1 is 0.897 bits per heavy atom. The molecule has 0 unspecified atom stereocenters. The first kappa shape index (κ1) is 20.2. The van der Waals surface area contributed by atoms with Crippen LogP contribution in [0.5, 0.6) is 11.5 Å². The highest BCUT2D eigenvalue weighted by atomic mass is 35.5. The lowest BCUT2D eigenvalue weighted by atomic mass is 10.00. The van der Waals surface area contributed by atoms with E-state index in [1.54, 1.807) is 67.8 Å². The maximum atomic E-state index is 13.1. The number of amides is 1. The summed E-state index contributed by atoms with van der Waals surface area (Å²) in [6.07, 6.45) is 0. The molecule has 6 nitrogen and oxygen atoms in total. The van der Waals surface area contributed by atoms with Crippen LogP contribution in [-0.4, -0.2) is 25.9 Å². The Morgan fingerprint density at radius 3 is 2.17 bits per heavy atom. The van der Waals surface area contributed by atoms with Crippen molar-refractivity contribution in [3.05, 3.63) is 82.4 Å². The summed E-state index contributed by atoms with van der Waals surface area (Å²) in [6.45, 7) is 0. The van der Waals surface area contributed by atoms with Crippen LogP contribution in [0, 0.1) is 0 Å². The van der Waals surface area contributed by atoms with Crippen molar-refractivity contribution in [2.45, 2.75) is 0 Å². The molecule has 0 aliphatic heterocycles. The van der Waals surface area contributed by atoms with Gasteiger partial charge in [-0.1, -0.05) is 17.7 Å². The van der Waals surface area contributed by atoms with Crippen LogP contribution in [0.3, 0.4) is 0 Å². The lowest BCUT2D eigenvalue weighted by Crippen LogP contribution is -2.17. The van der Waals surface area contributed by atoms with Crippen molar-refractivity contribution in [2.24, 2.45) is 0 Å². The van der Waals surface area contributed by atoms with E-state index < -0.39 is 5.91 Å². The van der Waals surface area contributed by atoms with Crippen molar-refractivity contribution < 1.29 is 19.1 Å². The Bertz CT molecular complexity index is 1060. The fourth-order valence-electron chi connectivity index (χ4n) is 2.78. The number of ketones is 1. The van der Waals surface area contributed by atoms with Gasteiger partial charge < -0.3 is 20.5 Å². The van der Waals surface area contributed by atoms with Gasteiger partial charge in [-0.05, 0) is 54.6 Å². The highest BCUT2D eigenvalue weighted by Crippen LogP contribution is 2.30. The second kappa shape index (κ2) is 8.67. The summed E-state index contributed by atoms with van der Waals surface area (Å²) in [5, 5.41) is 2.97. The summed E-state index contributed by atoms with van der Waals surface area (Å²) < 4.78 is 10.2. The molecular weight excluding hydrogens is 392 g/mol. The number of hydrogen-bond donors (Lipinski definition) is 2. The van der Waals surface area contributed by atoms with E-state index in [4.69, 9.17) is 26.8 Å². The fraction of sp³-hybridized carbons (Fsp3) is 0.0909. The molecule has 0 aromatic heterocycles. The molecule has 0 bridgehead atoms. The molecule has 0 aliphatic carbocycles. The Balaban J connectivity index is 1.94. The minimum Gasteiger partial charge on any atom is -0.497 e. The first-order valence-electron chi connectivity index (χ1n) is 8.66. The number of benzene rings is 3. The Labute approximate surface area is 173 Å². The van der Waals surface area contributed by atoms with Crippen molar-refractivity contribution in [2.75, 3.05) is 25.3 Å². The number of halogens is 1. The molecule has 0 heterocycles. The van der Waals surface area contributed by atoms with Crippen LogP contribution in [0.25, 0.3) is 0 Å². The van der Waals surface area contributed by atoms with Gasteiger partial charge in [-0.25, -0.2) is 0 Å². The van der Waals surface area contributed by atoms with Gasteiger partial charge in [-0.2, -0.15) is 0 Å². The number of methoxy groups -OCH3 is 2. The van der Waals surface area contributed by atoms with E-state index in [2.05, 4.69) is 5.32 Å². The molecule has 3 aromatic rings. The van der Waals surface area contributed by atoms with Gasteiger partial charge in [0.2, 0.25) is 0 Å². The third kappa shape index (κ3) is 4.33. The number of nitrogen functional groups attached to an aromatic ring is 1. The molecular formula is C22H19ClN2O4. The number of hydrogen-bond acceptors (Lipinski definition) is 5. The summed E-state index contributed by atoms with van der Waals surface area (Å²) in [4.78, 5) is 25.8. The quantitative estimate of drug-likeness (QED) is 0.463. The monoisotopic (exact) mass is 410 g/mol. The number of nitrogens with two attached hydrogens (primary N) is 1. The van der Waals surface area contributed by atoms with Crippen molar-refractivity contribution in [3.8, 4) is 11.5 Å². The van der Waals surface area contributed by atoms with Gasteiger partial charge in [0.1, 0.15) is 11.5 Å². The molecule has 3 N–H and O–H groups in total. The normalized spacial score (nSPS) is 10.3. The Hall–Kier alpha value is -3.51. The molecule has 0 fully saturated rings. The number of carbonyl (C=O) groups is 2. The largest absolute Gasteiger partial charge is 0.497 e. The number of carbonyl (C=O) groups excluding carboxylic acids is 2. The minimum atomic E-state index is -0.402. The van der Waals surface area contributed by atoms with Crippen LogP contribution in [0.4, 0.5) is 11.4 Å². The second-order valence-electron chi connectivity index (χ2n) is 6.13. The number of para-hydroxylation sites is 1.